The summed E-state index contributed by atoms with van der Waals surface area (Å²) in [5, 5.41) is 14.7. The molecular formula is C17H28NO3-. The van der Waals surface area contributed by atoms with E-state index in [0.717, 1.165) is 12.8 Å². The van der Waals surface area contributed by atoms with E-state index >= 15 is 0 Å². The summed E-state index contributed by atoms with van der Waals surface area (Å²) in [5.74, 6) is -1.22. The first-order chi connectivity index (χ1) is 9.79. The van der Waals surface area contributed by atoms with Crippen LogP contribution in [0, 0.1) is 16.7 Å². The Kier molecular flexibility index (Phi) is 4.64. The first kappa shape index (κ1) is 16.3. The van der Waals surface area contributed by atoms with Gasteiger partial charge in [-0.2, -0.15) is 0 Å². The largest absolute Gasteiger partial charge is 0.550 e. The summed E-state index contributed by atoms with van der Waals surface area (Å²) in [6.07, 6.45) is 8.12. The second-order valence-corrected chi connectivity index (χ2v) is 7.63. The van der Waals surface area contributed by atoms with E-state index in [1.165, 1.54) is 25.7 Å². The van der Waals surface area contributed by atoms with Gasteiger partial charge in [-0.25, -0.2) is 0 Å². The molecule has 120 valence electrons. The Balaban J connectivity index is 2.04. The molecule has 4 heteroatoms. The maximum atomic E-state index is 12.6. The molecule has 0 spiro atoms. The number of amides is 1. The molecule has 0 bridgehead atoms. The van der Waals surface area contributed by atoms with Crippen LogP contribution in [0.1, 0.15) is 72.1 Å². The molecular weight excluding hydrogens is 266 g/mol. The van der Waals surface area contributed by atoms with Crippen molar-refractivity contribution in [2.24, 2.45) is 16.7 Å². The molecule has 0 aliphatic heterocycles. The minimum absolute atomic E-state index is 0.0388. The Bertz CT molecular complexity index is 410. The summed E-state index contributed by atoms with van der Waals surface area (Å²) in [4.78, 5) is 24.1. The van der Waals surface area contributed by atoms with Gasteiger partial charge < -0.3 is 15.2 Å². The molecule has 1 amide bonds. The minimum Gasteiger partial charge on any atom is -0.550 e. The average molecular weight is 294 g/mol. The fourth-order valence-corrected chi connectivity index (χ4v) is 4.05. The van der Waals surface area contributed by atoms with Gasteiger partial charge in [0, 0.05) is 23.3 Å². The van der Waals surface area contributed by atoms with Crippen molar-refractivity contribution in [3.05, 3.63) is 0 Å². The van der Waals surface area contributed by atoms with Crippen LogP contribution < -0.4 is 10.4 Å². The molecule has 2 saturated carbocycles. The second kappa shape index (κ2) is 5.98. The van der Waals surface area contributed by atoms with Crippen LogP contribution in [0.3, 0.4) is 0 Å². The number of nitrogens with one attached hydrogen (secondary N) is 1. The highest BCUT2D eigenvalue weighted by atomic mass is 16.4. The minimum atomic E-state index is -1.03. The Morgan fingerprint density at radius 2 is 1.57 bits per heavy atom. The first-order valence-corrected chi connectivity index (χ1v) is 8.31. The van der Waals surface area contributed by atoms with Gasteiger partial charge in [-0.1, -0.05) is 46.5 Å². The normalized spacial score (nSPS) is 33.4. The summed E-state index contributed by atoms with van der Waals surface area (Å²) in [6.45, 7) is 5.52. The number of carboxylic acids is 1. The zero-order valence-electron chi connectivity index (χ0n) is 13.5. The predicted octanol–water partition coefficient (Wildman–Crippen LogP) is 2.02. The van der Waals surface area contributed by atoms with Gasteiger partial charge in [0.25, 0.3) is 0 Å². The van der Waals surface area contributed by atoms with Gasteiger partial charge in [0.15, 0.2) is 0 Å². The lowest BCUT2D eigenvalue weighted by Crippen LogP contribution is -2.51. The van der Waals surface area contributed by atoms with Crippen LogP contribution in [0.4, 0.5) is 0 Å². The lowest BCUT2D eigenvalue weighted by molar-refractivity contribution is -0.323. The van der Waals surface area contributed by atoms with Crippen molar-refractivity contribution in [2.75, 3.05) is 0 Å². The van der Waals surface area contributed by atoms with Crippen LogP contribution in [-0.2, 0) is 9.59 Å². The van der Waals surface area contributed by atoms with Gasteiger partial charge in [0.2, 0.25) is 5.91 Å². The lowest BCUT2D eigenvalue weighted by atomic mass is 9.65. The summed E-state index contributed by atoms with van der Waals surface area (Å²) >= 11 is 0. The molecule has 0 aromatic heterocycles. The molecule has 0 heterocycles. The van der Waals surface area contributed by atoms with Gasteiger partial charge in [-0.05, 0) is 31.1 Å². The molecule has 2 aliphatic carbocycles. The summed E-state index contributed by atoms with van der Waals surface area (Å²) in [7, 11) is 0. The van der Waals surface area contributed by atoms with E-state index in [4.69, 9.17) is 0 Å². The Labute approximate surface area is 127 Å². The molecule has 0 unspecified atom stereocenters. The van der Waals surface area contributed by atoms with Gasteiger partial charge in [-0.15, -0.1) is 0 Å². The van der Waals surface area contributed by atoms with E-state index in [1.807, 2.05) is 13.8 Å². The fraction of sp³-hybridized carbons (Fsp3) is 0.882. The SMILES string of the molecule is CC1(C)[C@H](C(=O)NC2CCCCCC2)CC[C@]1(C)C(=O)[O-]. The fourth-order valence-electron chi connectivity index (χ4n) is 4.05. The summed E-state index contributed by atoms with van der Waals surface area (Å²) in [5.41, 5.74) is -1.49. The van der Waals surface area contributed by atoms with Crippen molar-refractivity contribution >= 4 is 11.9 Å². The van der Waals surface area contributed by atoms with Crippen molar-refractivity contribution in [3.8, 4) is 0 Å². The molecule has 4 nitrogen and oxygen atoms in total. The molecule has 2 aliphatic rings. The maximum absolute atomic E-state index is 12.6. The van der Waals surface area contributed by atoms with Crippen molar-refractivity contribution in [1.82, 2.24) is 5.32 Å². The first-order valence-electron chi connectivity index (χ1n) is 8.31. The van der Waals surface area contributed by atoms with E-state index in [1.54, 1.807) is 6.92 Å². The number of carbonyl (C=O) groups excluding carboxylic acids is 2. The number of hydrogen-bond donors (Lipinski definition) is 1. The topological polar surface area (TPSA) is 69.2 Å². The second-order valence-electron chi connectivity index (χ2n) is 7.63. The number of carbonyl (C=O) groups is 2. The van der Waals surface area contributed by atoms with Gasteiger partial charge in [0.05, 0.1) is 0 Å². The zero-order chi connectivity index (χ0) is 15.7. The highest BCUT2D eigenvalue weighted by Gasteiger charge is 2.54. The average Bonchev–Trinajstić information content (AvgIpc) is 2.59. The highest BCUT2D eigenvalue weighted by molar-refractivity contribution is 5.83. The smallest absolute Gasteiger partial charge is 0.223 e. The highest BCUT2D eigenvalue weighted by Crippen LogP contribution is 2.55. The van der Waals surface area contributed by atoms with Crippen LogP contribution >= 0.6 is 0 Å². The molecule has 1 N–H and O–H groups in total. The Hall–Kier alpha value is -1.06. The monoisotopic (exact) mass is 294 g/mol. The molecule has 2 atom stereocenters. The van der Waals surface area contributed by atoms with Crippen LogP contribution in [0.25, 0.3) is 0 Å². The molecule has 0 aromatic rings. The Morgan fingerprint density at radius 1 is 1.00 bits per heavy atom. The standard InChI is InChI=1S/C17H29NO3/c1-16(2)13(10-11-17(16,3)15(20)21)14(19)18-12-8-6-4-5-7-9-12/h12-13H,4-11H2,1-3H3,(H,18,19)(H,20,21)/p-1/t13-,17+/m0/s1. The summed E-state index contributed by atoms with van der Waals surface area (Å²) in [6, 6.07) is 0.269. The third-order valence-electron chi connectivity index (χ3n) is 6.19. The number of carboxylic acid groups (broad SMARTS) is 1. The quantitative estimate of drug-likeness (QED) is 0.810. The van der Waals surface area contributed by atoms with Gasteiger partial charge in [0.1, 0.15) is 0 Å². The van der Waals surface area contributed by atoms with Crippen LogP contribution in [0.2, 0.25) is 0 Å². The van der Waals surface area contributed by atoms with Crippen LogP contribution in [-0.4, -0.2) is 17.9 Å². The molecule has 0 saturated heterocycles. The maximum Gasteiger partial charge on any atom is 0.223 e. The molecule has 0 radical (unpaired) electrons. The van der Waals surface area contributed by atoms with Gasteiger partial charge >= 0.3 is 0 Å². The molecule has 2 fully saturated rings. The van der Waals surface area contributed by atoms with Crippen molar-refractivity contribution in [3.63, 3.8) is 0 Å². The van der Waals surface area contributed by atoms with E-state index in [0.29, 0.717) is 12.8 Å². The van der Waals surface area contributed by atoms with Crippen LogP contribution in [0.15, 0.2) is 0 Å². The van der Waals surface area contributed by atoms with Gasteiger partial charge in [-0.3, -0.25) is 4.79 Å². The number of hydrogen-bond acceptors (Lipinski definition) is 3. The zero-order valence-corrected chi connectivity index (χ0v) is 13.5. The van der Waals surface area contributed by atoms with Crippen LogP contribution in [0.5, 0.6) is 0 Å². The van der Waals surface area contributed by atoms with E-state index in [-0.39, 0.29) is 17.9 Å². The lowest BCUT2D eigenvalue weighted by Gasteiger charge is -2.42. The van der Waals surface area contributed by atoms with Crippen molar-refractivity contribution in [1.29, 1.82) is 0 Å². The number of aliphatic carboxylic acids is 1. The van der Waals surface area contributed by atoms with E-state index < -0.39 is 16.8 Å². The number of rotatable bonds is 3. The van der Waals surface area contributed by atoms with E-state index in [9.17, 15) is 14.7 Å². The molecule has 0 aromatic carbocycles. The van der Waals surface area contributed by atoms with Crippen molar-refractivity contribution in [2.45, 2.75) is 78.2 Å². The third-order valence-corrected chi connectivity index (χ3v) is 6.19. The van der Waals surface area contributed by atoms with E-state index in [2.05, 4.69) is 5.32 Å². The summed E-state index contributed by atoms with van der Waals surface area (Å²) < 4.78 is 0. The Morgan fingerprint density at radius 3 is 2.05 bits per heavy atom. The van der Waals surface area contributed by atoms with Crippen molar-refractivity contribution < 1.29 is 14.7 Å². The molecule has 2 rings (SSSR count). The molecule has 21 heavy (non-hydrogen) atoms. The predicted molar refractivity (Wildman–Crippen MR) is 79.3 cm³/mol. The third kappa shape index (κ3) is 2.95.